The Morgan fingerprint density at radius 2 is 1.84 bits per heavy atom. The van der Waals surface area contributed by atoms with Crippen LogP contribution < -0.4 is 4.74 Å². The molecule has 0 atom stereocenters. The normalized spacial score (nSPS) is 23.1. The number of carbonyl (C=O) groups is 1. The lowest BCUT2D eigenvalue weighted by molar-refractivity contribution is -0.140. The van der Waals surface area contributed by atoms with Crippen LogP contribution in [0.4, 0.5) is 0 Å². The van der Waals surface area contributed by atoms with Gasteiger partial charge in [0, 0.05) is 5.02 Å². The number of hydrogen-bond donors (Lipinski definition) is 0. The SMILES string of the molecule is CCCC1CCC(C(=O)Oc2ccc(Cl)cc2)CC1. The van der Waals surface area contributed by atoms with Crippen molar-refractivity contribution in [2.75, 3.05) is 0 Å². The first-order valence-electron chi connectivity index (χ1n) is 7.16. The van der Waals surface area contributed by atoms with Gasteiger partial charge in [-0.05, 0) is 55.9 Å². The molecule has 0 N–H and O–H groups in total. The average molecular weight is 281 g/mol. The highest BCUT2D eigenvalue weighted by Crippen LogP contribution is 2.32. The minimum atomic E-state index is -0.0859. The lowest BCUT2D eigenvalue weighted by atomic mass is 9.80. The van der Waals surface area contributed by atoms with Crippen molar-refractivity contribution in [2.24, 2.45) is 11.8 Å². The van der Waals surface area contributed by atoms with Gasteiger partial charge in [0.15, 0.2) is 0 Å². The van der Waals surface area contributed by atoms with Crippen LogP contribution in [0.3, 0.4) is 0 Å². The maximum absolute atomic E-state index is 12.1. The summed E-state index contributed by atoms with van der Waals surface area (Å²) < 4.78 is 5.41. The molecule has 0 unspecified atom stereocenters. The van der Waals surface area contributed by atoms with Gasteiger partial charge in [-0.2, -0.15) is 0 Å². The second-order valence-electron chi connectivity index (χ2n) is 5.38. The third-order valence-corrected chi connectivity index (χ3v) is 4.16. The van der Waals surface area contributed by atoms with Crippen molar-refractivity contribution in [3.63, 3.8) is 0 Å². The van der Waals surface area contributed by atoms with E-state index < -0.39 is 0 Å². The molecule has 0 amide bonds. The van der Waals surface area contributed by atoms with Gasteiger partial charge in [-0.25, -0.2) is 0 Å². The van der Waals surface area contributed by atoms with Crippen LogP contribution >= 0.6 is 11.6 Å². The number of carbonyl (C=O) groups excluding carboxylic acids is 1. The number of ether oxygens (including phenoxy) is 1. The second kappa shape index (κ2) is 6.95. The van der Waals surface area contributed by atoms with Crippen molar-refractivity contribution in [1.29, 1.82) is 0 Å². The molecule has 0 spiro atoms. The highest BCUT2D eigenvalue weighted by molar-refractivity contribution is 6.30. The Kier molecular flexibility index (Phi) is 5.26. The topological polar surface area (TPSA) is 26.3 Å². The van der Waals surface area contributed by atoms with Crippen LogP contribution in [-0.4, -0.2) is 5.97 Å². The Morgan fingerprint density at radius 1 is 1.21 bits per heavy atom. The minimum absolute atomic E-state index is 0.0729. The van der Waals surface area contributed by atoms with E-state index in [1.54, 1.807) is 24.3 Å². The van der Waals surface area contributed by atoms with Crippen LogP contribution in [0.2, 0.25) is 5.02 Å². The summed E-state index contributed by atoms with van der Waals surface area (Å²) in [6.45, 7) is 2.22. The van der Waals surface area contributed by atoms with Crippen molar-refractivity contribution in [3.05, 3.63) is 29.3 Å². The number of benzene rings is 1. The molecular formula is C16H21ClO2. The molecule has 1 aliphatic rings. The Bertz CT molecular complexity index is 405. The summed E-state index contributed by atoms with van der Waals surface area (Å²) in [6.07, 6.45) is 6.79. The fourth-order valence-electron chi connectivity index (χ4n) is 2.80. The Balaban J connectivity index is 1.83. The molecule has 0 radical (unpaired) electrons. The summed E-state index contributed by atoms with van der Waals surface area (Å²) in [6, 6.07) is 6.95. The van der Waals surface area contributed by atoms with Gasteiger partial charge in [-0.1, -0.05) is 31.4 Å². The van der Waals surface area contributed by atoms with Crippen LogP contribution in [-0.2, 0) is 4.79 Å². The van der Waals surface area contributed by atoms with E-state index in [4.69, 9.17) is 16.3 Å². The molecule has 1 aromatic rings. The third kappa shape index (κ3) is 4.24. The van der Waals surface area contributed by atoms with E-state index in [1.165, 1.54) is 12.8 Å². The van der Waals surface area contributed by atoms with Gasteiger partial charge in [-0.3, -0.25) is 4.79 Å². The van der Waals surface area contributed by atoms with Gasteiger partial charge >= 0.3 is 5.97 Å². The van der Waals surface area contributed by atoms with Gasteiger partial charge in [0.1, 0.15) is 5.75 Å². The van der Waals surface area contributed by atoms with Gasteiger partial charge < -0.3 is 4.74 Å². The van der Waals surface area contributed by atoms with Crippen molar-refractivity contribution >= 4 is 17.6 Å². The van der Waals surface area contributed by atoms with E-state index in [2.05, 4.69) is 6.92 Å². The predicted octanol–water partition coefficient (Wildman–Crippen LogP) is 4.85. The van der Waals surface area contributed by atoms with E-state index in [1.807, 2.05) is 0 Å². The Morgan fingerprint density at radius 3 is 2.42 bits per heavy atom. The van der Waals surface area contributed by atoms with Gasteiger partial charge in [0.2, 0.25) is 0 Å². The van der Waals surface area contributed by atoms with Crippen LogP contribution in [0, 0.1) is 11.8 Å². The molecule has 0 saturated heterocycles. The number of hydrogen-bond acceptors (Lipinski definition) is 2. The first kappa shape index (κ1) is 14.4. The van der Waals surface area contributed by atoms with Crippen LogP contribution in [0.25, 0.3) is 0 Å². The molecule has 1 aliphatic carbocycles. The molecule has 1 aromatic carbocycles. The second-order valence-corrected chi connectivity index (χ2v) is 5.82. The quantitative estimate of drug-likeness (QED) is 0.582. The van der Waals surface area contributed by atoms with Gasteiger partial charge in [-0.15, -0.1) is 0 Å². The summed E-state index contributed by atoms with van der Waals surface area (Å²) in [7, 11) is 0. The smallest absolute Gasteiger partial charge is 0.314 e. The predicted molar refractivity (Wildman–Crippen MR) is 77.4 cm³/mol. The van der Waals surface area contributed by atoms with Gasteiger partial charge in [0.25, 0.3) is 0 Å². The zero-order chi connectivity index (χ0) is 13.7. The summed E-state index contributed by atoms with van der Waals surface area (Å²) in [4.78, 5) is 12.1. The van der Waals surface area contributed by atoms with E-state index in [9.17, 15) is 4.79 Å². The molecule has 3 heteroatoms. The highest BCUT2D eigenvalue weighted by atomic mass is 35.5. The lowest BCUT2D eigenvalue weighted by Gasteiger charge is -2.26. The zero-order valence-corrected chi connectivity index (χ0v) is 12.2. The van der Waals surface area contributed by atoms with Crippen LogP contribution in [0.15, 0.2) is 24.3 Å². The Hall–Kier alpha value is -1.02. The summed E-state index contributed by atoms with van der Waals surface area (Å²) >= 11 is 5.80. The minimum Gasteiger partial charge on any atom is -0.426 e. The fraction of sp³-hybridized carbons (Fsp3) is 0.562. The summed E-state index contributed by atoms with van der Waals surface area (Å²) in [5, 5.41) is 0.653. The lowest BCUT2D eigenvalue weighted by Crippen LogP contribution is -2.25. The van der Waals surface area contributed by atoms with E-state index in [0.717, 1.165) is 31.6 Å². The van der Waals surface area contributed by atoms with E-state index >= 15 is 0 Å². The molecule has 0 heterocycles. The first-order valence-corrected chi connectivity index (χ1v) is 7.54. The molecule has 0 aliphatic heterocycles. The summed E-state index contributed by atoms with van der Waals surface area (Å²) in [5.74, 6) is 1.38. The molecule has 2 nitrogen and oxygen atoms in total. The number of halogens is 1. The monoisotopic (exact) mass is 280 g/mol. The fourth-order valence-corrected chi connectivity index (χ4v) is 2.92. The number of rotatable bonds is 4. The molecule has 19 heavy (non-hydrogen) atoms. The van der Waals surface area contributed by atoms with Crippen molar-refractivity contribution < 1.29 is 9.53 Å². The van der Waals surface area contributed by atoms with E-state index in [-0.39, 0.29) is 11.9 Å². The maximum atomic E-state index is 12.1. The average Bonchev–Trinajstić information content (AvgIpc) is 2.42. The summed E-state index contributed by atoms with van der Waals surface area (Å²) in [5.41, 5.74) is 0. The standard InChI is InChI=1S/C16H21ClO2/c1-2-3-12-4-6-13(7-5-12)16(18)19-15-10-8-14(17)9-11-15/h8-13H,2-7H2,1H3. The van der Waals surface area contributed by atoms with E-state index in [0.29, 0.717) is 10.8 Å². The molecule has 1 saturated carbocycles. The molecular weight excluding hydrogens is 260 g/mol. The van der Waals surface area contributed by atoms with Gasteiger partial charge in [0.05, 0.1) is 5.92 Å². The Labute approximate surface area is 120 Å². The van der Waals surface area contributed by atoms with Crippen LogP contribution in [0.5, 0.6) is 5.75 Å². The molecule has 0 bridgehead atoms. The van der Waals surface area contributed by atoms with Crippen molar-refractivity contribution in [1.82, 2.24) is 0 Å². The first-order chi connectivity index (χ1) is 9.19. The van der Waals surface area contributed by atoms with Crippen LogP contribution in [0.1, 0.15) is 45.4 Å². The van der Waals surface area contributed by atoms with Crippen molar-refractivity contribution in [3.8, 4) is 5.75 Å². The van der Waals surface area contributed by atoms with Crippen molar-refractivity contribution in [2.45, 2.75) is 45.4 Å². The molecule has 0 aromatic heterocycles. The third-order valence-electron chi connectivity index (χ3n) is 3.91. The molecule has 104 valence electrons. The molecule has 1 fully saturated rings. The molecule has 2 rings (SSSR count). The number of esters is 1. The highest BCUT2D eigenvalue weighted by Gasteiger charge is 2.27. The maximum Gasteiger partial charge on any atom is 0.314 e. The largest absolute Gasteiger partial charge is 0.426 e. The zero-order valence-electron chi connectivity index (χ0n) is 11.4.